The van der Waals surface area contributed by atoms with Gasteiger partial charge in [-0.25, -0.2) is 0 Å². The summed E-state index contributed by atoms with van der Waals surface area (Å²) in [5.74, 6) is 0. The lowest BCUT2D eigenvalue weighted by Crippen LogP contribution is -2.06. The molecule has 1 aliphatic rings. The van der Waals surface area contributed by atoms with Crippen LogP contribution in [0.1, 0.15) is 38.1 Å². The highest BCUT2D eigenvalue weighted by Crippen LogP contribution is 2.15. The zero-order valence-corrected chi connectivity index (χ0v) is 7.88. The molecule has 0 radical (unpaired) electrons. The molecule has 2 rings (SSSR count). The number of aromatic nitrogens is 2. The molecule has 1 aromatic rings. The van der Waals surface area contributed by atoms with Gasteiger partial charge in [0.05, 0.1) is 11.4 Å². The molecule has 0 amide bonds. The van der Waals surface area contributed by atoms with Crippen LogP contribution in [0.2, 0.25) is 0 Å². The second-order valence-corrected chi connectivity index (χ2v) is 2.66. The molecule has 2 heteroatoms. The number of aryl methyl sites for hydroxylation is 2. The maximum absolute atomic E-state index is 4.26. The van der Waals surface area contributed by atoms with Gasteiger partial charge in [0, 0.05) is 12.4 Å². The van der Waals surface area contributed by atoms with Gasteiger partial charge in [-0.15, -0.1) is 0 Å². The zero-order chi connectivity index (χ0) is 8.81. The van der Waals surface area contributed by atoms with E-state index < -0.39 is 0 Å². The summed E-state index contributed by atoms with van der Waals surface area (Å²) in [6.45, 7) is 4.00. The van der Waals surface area contributed by atoms with Crippen molar-refractivity contribution in [2.75, 3.05) is 0 Å². The van der Waals surface area contributed by atoms with Crippen LogP contribution in [-0.4, -0.2) is 9.97 Å². The third-order valence-corrected chi connectivity index (χ3v) is 1.94. The van der Waals surface area contributed by atoms with Crippen LogP contribution in [-0.2, 0) is 12.8 Å². The Hall–Kier alpha value is -0.920. The number of hydrogen-bond acceptors (Lipinski definition) is 2. The van der Waals surface area contributed by atoms with E-state index in [-0.39, 0.29) is 0 Å². The quantitative estimate of drug-likeness (QED) is 0.588. The van der Waals surface area contributed by atoms with Crippen molar-refractivity contribution in [3.05, 3.63) is 23.8 Å². The molecule has 0 aromatic carbocycles. The molecule has 0 saturated carbocycles. The summed E-state index contributed by atoms with van der Waals surface area (Å²) in [5, 5.41) is 0. The molecule has 0 N–H and O–H groups in total. The van der Waals surface area contributed by atoms with Crippen LogP contribution in [0.4, 0.5) is 0 Å². The Morgan fingerprint density at radius 1 is 0.917 bits per heavy atom. The lowest BCUT2D eigenvalue weighted by Gasteiger charge is -2.11. The number of fused-ring (bicyclic) bond motifs is 1. The molecule has 66 valence electrons. The summed E-state index contributed by atoms with van der Waals surface area (Å²) in [6.07, 6.45) is 8.39. The average molecular weight is 164 g/mol. The largest absolute Gasteiger partial charge is 0.258 e. The Bertz CT molecular complexity index is 208. The first-order chi connectivity index (χ1) is 5.97. The van der Waals surface area contributed by atoms with Crippen LogP contribution in [0.15, 0.2) is 12.4 Å². The zero-order valence-electron chi connectivity index (χ0n) is 7.88. The van der Waals surface area contributed by atoms with Gasteiger partial charge in [0.2, 0.25) is 0 Å². The fraction of sp³-hybridized carbons (Fsp3) is 0.600. The molecule has 0 unspecified atom stereocenters. The first kappa shape index (κ1) is 9.17. The number of rotatable bonds is 0. The summed E-state index contributed by atoms with van der Waals surface area (Å²) in [6, 6.07) is 0. The maximum Gasteiger partial charge on any atom is 0.0618 e. The summed E-state index contributed by atoms with van der Waals surface area (Å²) in [7, 11) is 0. The van der Waals surface area contributed by atoms with E-state index in [2.05, 4.69) is 9.97 Å². The molecule has 1 aliphatic carbocycles. The van der Waals surface area contributed by atoms with Crippen LogP contribution >= 0.6 is 0 Å². The van der Waals surface area contributed by atoms with Gasteiger partial charge >= 0.3 is 0 Å². The second kappa shape index (κ2) is 4.86. The molecular formula is C10H16N2. The van der Waals surface area contributed by atoms with E-state index in [1.807, 2.05) is 13.8 Å². The van der Waals surface area contributed by atoms with Gasteiger partial charge in [0.1, 0.15) is 0 Å². The minimum atomic E-state index is 1.13. The maximum atomic E-state index is 4.26. The van der Waals surface area contributed by atoms with Crippen molar-refractivity contribution < 1.29 is 0 Å². The highest BCUT2D eigenvalue weighted by Gasteiger charge is 2.09. The molecule has 0 atom stereocenters. The van der Waals surface area contributed by atoms with Gasteiger partial charge in [0.15, 0.2) is 0 Å². The molecule has 0 fully saturated rings. The van der Waals surface area contributed by atoms with Crippen molar-refractivity contribution >= 4 is 0 Å². The van der Waals surface area contributed by atoms with E-state index in [4.69, 9.17) is 0 Å². The molecule has 0 saturated heterocycles. The Kier molecular flexibility index (Phi) is 3.71. The SMILES string of the molecule is CC.c1cnc2c(n1)CCCC2. The van der Waals surface area contributed by atoms with Crippen LogP contribution in [0.25, 0.3) is 0 Å². The minimum absolute atomic E-state index is 1.13. The lowest BCUT2D eigenvalue weighted by atomic mass is 10.0. The Balaban J connectivity index is 0.000000336. The monoisotopic (exact) mass is 164 g/mol. The van der Waals surface area contributed by atoms with Crippen LogP contribution in [0.3, 0.4) is 0 Å². The van der Waals surface area contributed by atoms with Crippen LogP contribution < -0.4 is 0 Å². The van der Waals surface area contributed by atoms with Gasteiger partial charge in [-0.3, -0.25) is 9.97 Å². The van der Waals surface area contributed by atoms with Crippen molar-refractivity contribution in [1.82, 2.24) is 9.97 Å². The van der Waals surface area contributed by atoms with Crippen LogP contribution in [0, 0.1) is 0 Å². The molecule has 0 spiro atoms. The number of nitrogens with zero attached hydrogens (tertiary/aromatic N) is 2. The molecule has 1 aromatic heterocycles. The third kappa shape index (κ3) is 2.03. The molecule has 1 heterocycles. The summed E-state index contributed by atoms with van der Waals surface area (Å²) >= 11 is 0. The van der Waals surface area contributed by atoms with E-state index in [1.54, 1.807) is 12.4 Å². The highest BCUT2D eigenvalue weighted by molar-refractivity contribution is 5.13. The van der Waals surface area contributed by atoms with Gasteiger partial charge < -0.3 is 0 Å². The number of hydrogen-bond donors (Lipinski definition) is 0. The van der Waals surface area contributed by atoms with E-state index in [9.17, 15) is 0 Å². The average Bonchev–Trinajstić information content (AvgIpc) is 2.21. The van der Waals surface area contributed by atoms with Gasteiger partial charge in [-0.2, -0.15) is 0 Å². The molecule has 2 nitrogen and oxygen atoms in total. The predicted molar refractivity (Wildman–Crippen MR) is 50.0 cm³/mol. The fourth-order valence-electron chi connectivity index (χ4n) is 1.40. The van der Waals surface area contributed by atoms with E-state index in [0.717, 1.165) is 12.8 Å². The molecule has 0 bridgehead atoms. The van der Waals surface area contributed by atoms with Gasteiger partial charge in [-0.05, 0) is 25.7 Å². The summed E-state index contributed by atoms with van der Waals surface area (Å²) in [4.78, 5) is 8.51. The van der Waals surface area contributed by atoms with Crippen molar-refractivity contribution in [3.8, 4) is 0 Å². The smallest absolute Gasteiger partial charge is 0.0618 e. The van der Waals surface area contributed by atoms with Crippen molar-refractivity contribution in [2.24, 2.45) is 0 Å². The minimum Gasteiger partial charge on any atom is -0.258 e. The van der Waals surface area contributed by atoms with E-state index in [1.165, 1.54) is 24.2 Å². The van der Waals surface area contributed by atoms with E-state index in [0.29, 0.717) is 0 Å². The normalized spacial score (nSPS) is 14.2. The molecule has 0 aliphatic heterocycles. The van der Waals surface area contributed by atoms with Gasteiger partial charge in [0.25, 0.3) is 0 Å². The lowest BCUT2D eigenvalue weighted by molar-refractivity contribution is 0.649. The van der Waals surface area contributed by atoms with Crippen molar-refractivity contribution in [3.63, 3.8) is 0 Å². The Morgan fingerprint density at radius 2 is 1.33 bits per heavy atom. The second-order valence-electron chi connectivity index (χ2n) is 2.66. The third-order valence-electron chi connectivity index (χ3n) is 1.94. The fourth-order valence-corrected chi connectivity index (χ4v) is 1.40. The first-order valence-corrected chi connectivity index (χ1v) is 4.75. The van der Waals surface area contributed by atoms with E-state index >= 15 is 0 Å². The highest BCUT2D eigenvalue weighted by atomic mass is 14.8. The molecule has 12 heavy (non-hydrogen) atoms. The standard InChI is InChI=1S/C8H10N2.C2H6/c1-2-4-8-7(3-1)9-5-6-10-8;1-2/h5-6H,1-4H2;1-2H3. The topological polar surface area (TPSA) is 25.8 Å². The van der Waals surface area contributed by atoms with Crippen molar-refractivity contribution in [1.29, 1.82) is 0 Å². The molecular weight excluding hydrogens is 148 g/mol. The van der Waals surface area contributed by atoms with Crippen molar-refractivity contribution in [2.45, 2.75) is 39.5 Å². The van der Waals surface area contributed by atoms with Crippen LogP contribution in [0.5, 0.6) is 0 Å². The first-order valence-electron chi connectivity index (χ1n) is 4.75. The summed E-state index contributed by atoms with van der Waals surface area (Å²) in [5.41, 5.74) is 2.43. The van der Waals surface area contributed by atoms with Gasteiger partial charge in [-0.1, -0.05) is 13.8 Å². The Morgan fingerprint density at radius 3 is 1.75 bits per heavy atom. The predicted octanol–water partition coefficient (Wildman–Crippen LogP) is 2.38. The summed E-state index contributed by atoms with van der Waals surface area (Å²) < 4.78 is 0. The Labute approximate surface area is 74.1 Å².